The molecule has 0 aliphatic heterocycles. The zero-order chi connectivity index (χ0) is 20.1. The molecule has 1 N–H and O–H groups in total. The van der Waals surface area contributed by atoms with Gasteiger partial charge in [0, 0.05) is 23.8 Å². The van der Waals surface area contributed by atoms with Crippen molar-refractivity contribution in [2.75, 3.05) is 5.32 Å². The number of nitrogens with one attached hydrogen (secondary N) is 1. The molecule has 4 aromatic rings. The van der Waals surface area contributed by atoms with Crippen LogP contribution in [-0.4, -0.2) is 20.7 Å². The standard InChI is InChI=1S/C21H17FN4OS2/c22-18-6-2-1-5-16(18)14-28-21-25-24-20(29-21)23-19(27)13-15-7-9-17(10-8-15)26-11-3-4-12-26/h1-12H,13-14H2,(H,23,24,27). The van der Waals surface area contributed by atoms with E-state index in [4.69, 9.17) is 0 Å². The third kappa shape index (κ3) is 5.10. The van der Waals surface area contributed by atoms with E-state index >= 15 is 0 Å². The number of hydrogen-bond acceptors (Lipinski definition) is 5. The summed E-state index contributed by atoms with van der Waals surface area (Å²) in [6, 6.07) is 18.4. The SMILES string of the molecule is O=C(Cc1ccc(-n2cccc2)cc1)Nc1nnc(SCc2ccccc2F)s1. The Hall–Kier alpha value is -2.97. The summed E-state index contributed by atoms with van der Waals surface area (Å²) < 4.78 is 16.4. The van der Waals surface area contributed by atoms with Crippen molar-refractivity contribution in [3.63, 3.8) is 0 Å². The van der Waals surface area contributed by atoms with E-state index in [1.54, 1.807) is 18.2 Å². The first-order chi connectivity index (χ1) is 14.2. The maximum atomic E-state index is 13.7. The lowest BCUT2D eigenvalue weighted by molar-refractivity contribution is -0.115. The van der Waals surface area contributed by atoms with Crippen LogP contribution >= 0.6 is 23.1 Å². The van der Waals surface area contributed by atoms with Gasteiger partial charge >= 0.3 is 0 Å². The molecule has 0 fully saturated rings. The van der Waals surface area contributed by atoms with Crippen LogP contribution in [0.4, 0.5) is 9.52 Å². The molecule has 0 saturated heterocycles. The molecule has 0 aliphatic carbocycles. The van der Waals surface area contributed by atoms with Crippen molar-refractivity contribution in [1.82, 2.24) is 14.8 Å². The van der Waals surface area contributed by atoms with Crippen molar-refractivity contribution in [2.45, 2.75) is 16.5 Å². The molecule has 0 spiro atoms. The lowest BCUT2D eigenvalue weighted by Gasteiger charge is -2.05. The molecule has 146 valence electrons. The third-order valence-corrected chi connectivity index (χ3v) is 6.19. The first-order valence-electron chi connectivity index (χ1n) is 8.89. The molecule has 0 saturated carbocycles. The molecule has 2 aromatic carbocycles. The number of hydrogen-bond donors (Lipinski definition) is 1. The van der Waals surface area contributed by atoms with Gasteiger partial charge in [0.25, 0.3) is 0 Å². The molecule has 8 heteroatoms. The largest absolute Gasteiger partial charge is 0.324 e. The van der Waals surface area contributed by atoms with Crippen LogP contribution in [0.15, 0.2) is 77.4 Å². The number of thioether (sulfide) groups is 1. The van der Waals surface area contributed by atoms with Crippen LogP contribution in [0.25, 0.3) is 5.69 Å². The second-order valence-electron chi connectivity index (χ2n) is 6.23. The van der Waals surface area contributed by atoms with Crippen LogP contribution < -0.4 is 5.32 Å². The Bertz CT molecular complexity index is 1090. The maximum absolute atomic E-state index is 13.7. The Kier molecular flexibility index (Phi) is 6.02. The molecule has 2 heterocycles. The summed E-state index contributed by atoms with van der Waals surface area (Å²) in [6.07, 6.45) is 4.20. The Labute approximate surface area is 175 Å². The number of amides is 1. The molecular formula is C21H17FN4OS2. The highest BCUT2D eigenvalue weighted by molar-refractivity contribution is 8.00. The minimum atomic E-state index is -0.235. The van der Waals surface area contributed by atoms with E-state index in [0.29, 0.717) is 20.8 Å². The highest BCUT2D eigenvalue weighted by Crippen LogP contribution is 2.29. The molecule has 4 rings (SSSR count). The van der Waals surface area contributed by atoms with Gasteiger partial charge in [-0.2, -0.15) is 0 Å². The molecule has 0 bridgehead atoms. The summed E-state index contributed by atoms with van der Waals surface area (Å²) in [7, 11) is 0. The number of halogens is 1. The first kappa shape index (κ1) is 19.4. The lowest BCUT2D eigenvalue weighted by Crippen LogP contribution is -2.14. The minimum absolute atomic E-state index is 0.152. The average Bonchev–Trinajstić information content (AvgIpc) is 3.40. The van der Waals surface area contributed by atoms with Crippen molar-refractivity contribution in [3.8, 4) is 5.69 Å². The van der Waals surface area contributed by atoms with Crippen LogP contribution in [0, 0.1) is 5.82 Å². The maximum Gasteiger partial charge on any atom is 0.230 e. The quantitative estimate of drug-likeness (QED) is 0.337. The number of aromatic nitrogens is 3. The van der Waals surface area contributed by atoms with E-state index in [2.05, 4.69) is 15.5 Å². The van der Waals surface area contributed by atoms with Crippen LogP contribution in [0.5, 0.6) is 0 Å². The van der Waals surface area contributed by atoms with Gasteiger partial charge in [0.05, 0.1) is 6.42 Å². The van der Waals surface area contributed by atoms with Crippen molar-refractivity contribution in [1.29, 1.82) is 0 Å². The highest BCUT2D eigenvalue weighted by Gasteiger charge is 2.11. The Morgan fingerprint density at radius 2 is 1.79 bits per heavy atom. The fourth-order valence-electron chi connectivity index (χ4n) is 2.71. The summed E-state index contributed by atoms with van der Waals surface area (Å²) in [5.41, 5.74) is 2.57. The number of nitrogens with zero attached hydrogens (tertiary/aromatic N) is 3. The summed E-state index contributed by atoms with van der Waals surface area (Å²) in [6.45, 7) is 0. The van der Waals surface area contributed by atoms with Gasteiger partial charge in [-0.1, -0.05) is 53.4 Å². The van der Waals surface area contributed by atoms with Crippen molar-refractivity contribution in [2.24, 2.45) is 0 Å². The fourth-order valence-corrected chi connectivity index (χ4v) is 4.47. The van der Waals surface area contributed by atoms with Gasteiger partial charge in [-0.15, -0.1) is 10.2 Å². The van der Waals surface area contributed by atoms with Crippen molar-refractivity contribution >= 4 is 34.1 Å². The van der Waals surface area contributed by atoms with Gasteiger partial charge in [0.2, 0.25) is 11.0 Å². The van der Waals surface area contributed by atoms with E-state index in [9.17, 15) is 9.18 Å². The van der Waals surface area contributed by atoms with Gasteiger partial charge in [0.1, 0.15) is 5.82 Å². The molecule has 2 aromatic heterocycles. The molecule has 0 atom stereocenters. The lowest BCUT2D eigenvalue weighted by atomic mass is 10.1. The predicted molar refractivity (Wildman–Crippen MR) is 114 cm³/mol. The topological polar surface area (TPSA) is 59.8 Å². The summed E-state index contributed by atoms with van der Waals surface area (Å²) in [5.74, 6) is 0.0737. The first-order valence-corrected chi connectivity index (χ1v) is 10.7. The zero-order valence-corrected chi connectivity index (χ0v) is 16.9. The number of anilines is 1. The molecule has 1 amide bonds. The molecule has 0 unspecified atom stereocenters. The average molecular weight is 425 g/mol. The van der Waals surface area contributed by atoms with Crippen molar-refractivity contribution < 1.29 is 9.18 Å². The minimum Gasteiger partial charge on any atom is -0.324 e. The van der Waals surface area contributed by atoms with Gasteiger partial charge in [-0.25, -0.2) is 4.39 Å². The van der Waals surface area contributed by atoms with E-state index in [1.807, 2.05) is 53.4 Å². The van der Waals surface area contributed by atoms with Crippen LogP contribution in [0.1, 0.15) is 11.1 Å². The summed E-state index contributed by atoms with van der Waals surface area (Å²) >= 11 is 2.67. The number of carbonyl (C=O) groups is 1. The Morgan fingerprint density at radius 3 is 2.55 bits per heavy atom. The van der Waals surface area contributed by atoms with E-state index in [1.165, 1.54) is 29.2 Å². The second kappa shape index (κ2) is 9.02. The molecule has 29 heavy (non-hydrogen) atoms. The number of benzene rings is 2. The second-order valence-corrected chi connectivity index (χ2v) is 8.43. The Morgan fingerprint density at radius 1 is 1.03 bits per heavy atom. The van der Waals surface area contributed by atoms with Gasteiger partial charge in [0.15, 0.2) is 4.34 Å². The van der Waals surface area contributed by atoms with E-state index in [-0.39, 0.29) is 18.1 Å². The number of carbonyl (C=O) groups excluding carboxylic acids is 1. The fraction of sp³-hybridized carbons (Fsp3) is 0.0952. The molecular weight excluding hydrogens is 407 g/mol. The smallest absolute Gasteiger partial charge is 0.230 e. The summed E-state index contributed by atoms with van der Waals surface area (Å²) in [5, 5.41) is 11.3. The predicted octanol–water partition coefficient (Wildman–Crippen LogP) is 4.94. The van der Waals surface area contributed by atoms with Crippen LogP contribution in [0.2, 0.25) is 0 Å². The van der Waals surface area contributed by atoms with Crippen LogP contribution in [0.3, 0.4) is 0 Å². The van der Waals surface area contributed by atoms with Crippen LogP contribution in [-0.2, 0) is 17.0 Å². The van der Waals surface area contributed by atoms with Gasteiger partial charge in [-0.3, -0.25) is 4.79 Å². The monoisotopic (exact) mass is 424 g/mol. The molecule has 0 radical (unpaired) electrons. The molecule has 5 nitrogen and oxygen atoms in total. The summed E-state index contributed by atoms with van der Waals surface area (Å²) in [4.78, 5) is 12.3. The zero-order valence-electron chi connectivity index (χ0n) is 15.3. The number of rotatable bonds is 7. The highest BCUT2D eigenvalue weighted by atomic mass is 32.2. The van der Waals surface area contributed by atoms with Crippen molar-refractivity contribution in [3.05, 3.63) is 90.0 Å². The van der Waals surface area contributed by atoms with Gasteiger partial charge in [-0.05, 0) is 41.5 Å². The normalized spacial score (nSPS) is 10.8. The van der Waals surface area contributed by atoms with E-state index < -0.39 is 0 Å². The molecule has 0 aliphatic rings. The van der Waals surface area contributed by atoms with Gasteiger partial charge < -0.3 is 9.88 Å². The Balaban J connectivity index is 1.30. The van der Waals surface area contributed by atoms with E-state index in [0.717, 1.165) is 11.3 Å². The third-order valence-electron chi connectivity index (χ3n) is 4.17.